The number of nitrogens with zero attached hydrogens (tertiary/aromatic N) is 1. The molecule has 0 spiro atoms. The molecule has 9 heteroatoms. The Balaban J connectivity index is 2.64. The quantitative estimate of drug-likeness (QED) is 0.793. The van der Waals surface area contributed by atoms with E-state index in [9.17, 15) is 21.6 Å². The van der Waals surface area contributed by atoms with Crippen molar-refractivity contribution < 1.29 is 21.6 Å². The molecule has 0 bridgehead atoms. The van der Waals surface area contributed by atoms with Gasteiger partial charge in [0.25, 0.3) is 10.2 Å². The van der Waals surface area contributed by atoms with Gasteiger partial charge in [0.15, 0.2) is 0 Å². The van der Waals surface area contributed by atoms with Crippen LogP contribution in [0.3, 0.4) is 0 Å². The Morgan fingerprint density at radius 2 is 1.82 bits per heavy atom. The number of rotatable bonds is 4. The molecular weight excluding hydrogens is 259 g/mol. The van der Waals surface area contributed by atoms with Gasteiger partial charge in [-0.3, -0.25) is 0 Å². The third kappa shape index (κ3) is 4.49. The zero-order valence-corrected chi connectivity index (χ0v) is 9.66. The van der Waals surface area contributed by atoms with Crippen molar-refractivity contribution in [3.8, 4) is 6.07 Å². The lowest BCUT2D eigenvalue weighted by molar-refractivity contribution is -0.121. The Bertz CT molecular complexity index is 407. The van der Waals surface area contributed by atoms with Gasteiger partial charge in [0, 0.05) is 0 Å². The van der Waals surface area contributed by atoms with Crippen molar-refractivity contribution in [3.05, 3.63) is 0 Å². The molecule has 2 N–H and O–H groups in total. The highest BCUT2D eigenvalue weighted by Gasteiger charge is 2.39. The van der Waals surface area contributed by atoms with Gasteiger partial charge in [-0.25, -0.2) is 0 Å². The highest BCUT2D eigenvalue weighted by atomic mass is 32.2. The fraction of sp³-hybridized carbons (Fsp3) is 0.875. The number of alkyl halides is 3. The molecule has 0 aromatic rings. The standard InChI is InChI=1S/C8H12F3N3O2S/c9-8(10,11)6-13-17(15,16)14-7(5-12)3-1-2-4-7/h13-14H,1-4,6H2. The molecule has 0 aromatic heterocycles. The van der Waals surface area contributed by atoms with E-state index in [2.05, 4.69) is 0 Å². The second-order valence-corrected chi connectivity index (χ2v) is 5.44. The van der Waals surface area contributed by atoms with Crippen LogP contribution >= 0.6 is 0 Å². The molecule has 0 amide bonds. The normalized spacial score (nSPS) is 20.1. The van der Waals surface area contributed by atoms with Crippen LogP contribution in [0.15, 0.2) is 0 Å². The highest BCUT2D eigenvalue weighted by Crippen LogP contribution is 2.29. The molecule has 0 aromatic carbocycles. The minimum atomic E-state index is -4.62. The summed E-state index contributed by atoms with van der Waals surface area (Å²) in [5, 5.41) is 8.88. The van der Waals surface area contributed by atoms with Crippen LogP contribution in [-0.4, -0.2) is 26.7 Å². The molecule has 1 aliphatic carbocycles. The van der Waals surface area contributed by atoms with Gasteiger partial charge in [-0.2, -0.15) is 36.3 Å². The number of hydrogen-bond acceptors (Lipinski definition) is 3. The van der Waals surface area contributed by atoms with E-state index in [-0.39, 0.29) is 0 Å². The van der Waals surface area contributed by atoms with Crippen LogP contribution in [0.1, 0.15) is 25.7 Å². The van der Waals surface area contributed by atoms with Crippen molar-refractivity contribution >= 4 is 10.2 Å². The molecule has 0 saturated heterocycles. The summed E-state index contributed by atoms with van der Waals surface area (Å²) in [5.41, 5.74) is -1.27. The third-order valence-electron chi connectivity index (χ3n) is 2.46. The predicted octanol–water partition coefficient (Wildman–Crippen LogP) is 0.809. The summed E-state index contributed by atoms with van der Waals surface area (Å²) in [6.45, 7) is -1.65. The largest absolute Gasteiger partial charge is 0.402 e. The van der Waals surface area contributed by atoms with Gasteiger partial charge in [-0.1, -0.05) is 12.8 Å². The van der Waals surface area contributed by atoms with Crippen molar-refractivity contribution in [2.75, 3.05) is 6.54 Å². The van der Waals surface area contributed by atoms with Gasteiger partial charge in [-0.05, 0) is 12.8 Å². The zero-order valence-electron chi connectivity index (χ0n) is 8.84. The lowest BCUT2D eigenvalue weighted by Gasteiger charge is -2.22. The molecule has 1 fully saturated rings. The first-order chi connectivity index (χ1) is 7.68. The lowest BCUT2D eigenvalue weighted by atomic mass is 10.0. The van der Waals surface area contributed by atoms with Gasteiger partial charge in [0.2, 0.25) is 0 Å². The Labute approximate surface area is 97.2 Å². The fourth-order valence-electron chi connectivity index (χ4n) is 1.69. The van der Waals surface area contributed by atoms with Crippen LogP contribution in [-0.2, 0) is 10.2 Å². The van der Waals surface area contributed by atoms with Crippen molar-refractivity contribution in [3.63, 3.8) is 0 Å². The van der Waals surface area contributed by atoms with Crippen molar-refractivity contribution in [2.24, 2.45) is 0 Å². The minimum Gasteiger partial charge on any atom is -0.196 e. The van der Waals surface area contributed by atoms with Crippen LogP contribution in [0.4, 0.5) is 13.2 Å². The molecule has 1 rings (SSSR count). The van der Waals surface area contributed by atoms with Gasteiger partial charge in [0.1, 0.15) is 12.1 Å². The first-order valence-electron chi connectivity index (χ1n) is 4.95. The Morgan fingerprint density at radius 3 is 2.24 bits per heavy atom. The maximum atomic E-state index is 11.9. The van der Waals surface area contributed by atoms with E-state index >= 15 is 0 Å². The molecule has 0 aliphatic heterocycles. The van der Waals surface area contributed by atoms with Crippen LogP contribution in [0.25, 0.3) is 0 Å². The molecule has 0 unspecified atom stereocenters. The minimum absolute atomic E-state index is 0.316. The zero-order chi connectivity index (χ0) is 13.2. The van der Waals surface area contributed by atoms with Crippen molar-refractivity contribution in [1.82, 2.24) is 9.44 Å². The van der Waals surface area contributed by atoms with E-state index in [4.69, 9.17) is 5.26 Å². The van der Waals surface area contributed by atoms with E-state index in [1.807, 2.05) is 10.8 Å². The fourth-order valence-corrected chi connectivity index (χ4v) is 2.88. The molecule has 0 heterocycles. The molecule has 5 nitrogen and oxygen atoms in total. The smallest absolute Gasteiger partial charge is 0.196 e. The molecule has 0 atom stereocenters. The first kappa shape index (κ1) is 14.2. The molecule has 1 saturated carbocycles. The topological polar surface area (TPSA) is 82.0 Å². The van der Waals surface area contributed by atoms with Gasteiger partial charge < -0.3 is 0 Å². The second kappa shape index (κ2) is 4.80. The SMILES string of the molecule is N#CC1(NS(=O)(=O)NCC(F)(F)F)CCCC1. The van der Waals surface area contributed by atoms with Crippen molar-refractivity contribution in [1.29, 1.82) is 5.26 Å². The molecule has 17 heavy (non-hydrogen) atoms. The van der Waals surface area contributed by atoms with Gasteiger partial charge >= 0.3 is 6.18 Å². The molecule has 1 aliphatic rings. The summed E-state index contributed by atoms with van der Waals surface area (Å²) in [4.78, 5) is 0. The number of halogens is 3. The molecule has 0 radical (unpaired) electrons. The summed E-state index contributed by atoms with van der Waals surface area (Å²) >= 11 is 0. The maximum absolute atomic E-state index is 11.9. The molecule has 98 valence electrons. The van der Waals surface area contributed by atoms with E-state index in [0.29, 0.717) is 25.7 Å². The lowest BCUT2D eigenvalue weighted by Crippen LogP contribution is -2.51. The number of hydrogen-bond donors (Lipinski definition) is 2. The predicted molar refractivity (Wildman–Crippen MR) is 52.9 cm³/mol. The second-order valence-electron chi connectivity index (χ2n) is 3.94. The van der Waals surface area contributed by atoms with E-state index < -0.39 is 28.5 Å². The first-order valence-corrected chi connectivity index (χ1v) is 6.43. The maximum Gasteiger partial charge on any atom is 0.402 e. The third-order valence-corrected chi connectivity index (χ3v) is 3.65. The monoisotopic (exact) mass is 271 g/mol. The summed E-state index contributed by atoms with van der Waals surface area (Å²) in [7, 11) is -4.31. The average molecular weight is 271 g/mol. The number of nitrogens with one attached hydrogen (secondary N) is 2. The summed E-state index contributed by atoms with van der Waals surface area (Å²) in [6.07, 6.45) is -2.64. The summed E-state index contributed by atoms with van der Waals surface area (Å²) in [6, 6.07) is 1.82. The van der Waals surface area contributed by atoms with Crippen LogP contribution in [0.5, 0.6) is 0 Å². The molecular formula is C8H12F3N3O2S. The Hall–Kier alpha value is -0.850. The van der Waals surface area contributed by atoms with Crippen LogP contribution in [0, 0.1) is 11.3 Å². The van der Waals surface area contributed by atoms with E-state index in [0.717, 1.165) is 0 Å². The number of nitriles is 1. The van der Waals surface area contributed by atoms with Crippen molar-refractivity contribution in [2.45, 2.75) is 37.4 Å². The average Bonchev–Trinajstić information content (AvgIpc) is 2.63. The van der Waals surface area contributed by atoms with Crippen LogP contribution in [0.2, 0.25) is 0 Å². The highest BCUT2D eigenvalue weighted by molar-refractivity contribution is 7.87. The Morgan fingerprint density at radius 1 is 1.29 bits per heavy atom. The van der Waals surface area contributed by atoms with Crippen LogP contribution < -0.4 is 9.44 Å². The summed E-state index contributed by atoms with van der Waals surface area (Å²) in [5.74, 6) is 0. The van der Waals surface area contributed by atoms with E-state index in [1.54, 1.807) is 0 Å². The van der Waals surface area contributed by atoms with Gasteiger partial charge in [-0.15, -0.1) is 0 Å². The van der Waals surface area contributed by atoms with E-state index in [1.165, 1.54) is 4.72 Å². The van der Waals surface area contributed by atoms with Gasteiger partial charge in [0.05, 0.1) is 6.07 Å². The summed E-state index contributed by atoms with van der Waals surface area (Å²) < 4.78 is 61.6. The Kier molecular flexibility index (Phi) is 4.01.